The van der Waals surface area contributed by atoms with Gasteiger partial charge in [-0.05, 0) is 31.5 Å². The minimum absolute atomic E-state index is 0.0423. The van der Waals surface area contributed by atoms with Crippen LogP contribution in [0.5, 0.6) is 0 Å². The number of hydrogen-bond acceptors (Lipinski definition) is 3. The third kappa shape index (κ3) is 3.18. The Morgan fingerprint density at radius 3 is 2.62 bits per heavy atom. The van der Waals surface area contributed by atoms with Crippen LogP contribution in [-0.4, -0.2) is 50.7 Å². The van der Waals surface area contributed by atoms with Gasteiger partial charge in [0.05, 0.1) is 16.4 Å². The number of nitrogens with one attached hydrogen (secondary N) is 1. The first-order chi connectivity index (χ1) is 12.0. The number of halogens is 3. The third-order valence-electron chi connectivity index (χ3n) is 4.64. The van der Waals surface area contributed by atoms with E-state index in [1.54, 1.807) is 6.92 Å². The number of likely N-dealkylation sites (tertiary alicyclic amines) is 1. The SMILES string of the molecule is CC1(C(=O)O)CCN(C(=O)c2ccc3c(c2)[nH]c(=O)n3CC(F)(F)F)C1. The molecule has 3 rings (SSSR count). The maximum atomic E-state index is 12.6. The first kappa shape index (κ1) is 18.0. The van der Waals surface area contributed by atoms with E-state index < -0.39 is 35.7 Å². The van der Waals surface area contributed by atoms with Gasteiger partial charge in [0.2, 0.25) is 0 Å². The van der Waals surface area contributed by atoms with E-state index in [4.69, 9.17) is 0 Å². The van der Waals surface area contributed by atoms with Gasteiger partial charge in [-0.15, -0.1) is 0 Å². The van der Waals surface area contributed by atoms with Crippen LogP contribution in [-0.2, 0) is 11.3 Å². The van der Waals surface area contributed by atoms with Gasteiger partial charge < -0.3 is 15.0 Å². The summed E-state index contributed by atoms with van der Waals surface area (Å²) in [5.74, 6) is -1.42. The molecule has 1 amide bonds. The number of carbonyl (C=O) groups is 2. The molecule has 0 aliphatic carbocycles. The molecule has 1 fully saturated rings. The number of benzene rings is 1. The average molecular weight is 371 g/mol. The van der Waals surface area contributed by atoms with Crippen LogP contribution < -0.4 is 5.69 Å². The van der Waals surface area contributed by atoms with Gasteiger partial charge in [0.1, 0.15) is 6.54 Å². The summed E-state index contributed by atoms with van der Waals surface area (Å²) in [6.07, 6.45) is -4.24. The Morgan fingerprint density at radius 1 is 1.35 bits per heavy atom. The summed E-state index contributed by atoms with van der Waals surface area (Å²) < 4.78 is 38.3. The van der Waals surface area contributed by atoms with E-state index in [1.165, 1.54) is 23.1 Å². The van der Waals surface area contributed by atoms with E-state index in [0.717, 1.165) is 0 Å². The predicted octanol–water partition coefficient (Wildman–Crippen LogP) is 1.83. The Hall–Kier alpha value is -2.78. The molecule has 1 aromatic carbocycles. The molecule has 1 aliphatic heterocycles. The highest BCUT2D eigenvalue weighted by molar-refractivity contribution is 5.98. The standard InChI is InChI=1S/C16H16F3N3O4/c1-15(13(24)25)4-5-21(7-15)12(23)9-2-3-11-10(6-9)20-14(26)22(11)8-16(17,18)19/h2-3,6H,4-5,7-8H2,1H3,(H,20,26)(H,24,25). The fraction of sp³-hybridized carbons (Fsp3) is 0.438. The number of carbonyl (C=O) groups excluding carboxylic acids is 1. The minimum Gasteiger partial charge on any atom is -0.481 e. The Morgan fingerprint density at radius 2 is 2.04 bits per heavy atom. The number of hydrogen-bond donors (Lipinski definition) is 2. The van der Waals surface area contributed by atoms with Crippen molar-refractivity contribution < 1.29 is 27.9 Å². The number of carboxylic acid groups (broad SMARTS) is 1. The molecule has 2 aromatic rings. The zero-order valence-corrected chi connectivity index (χ0v) is 13.8. The van der Waals surface area contributed by atoms with E-state index in [0.29, 0.717) is 11.0 Å². The van der Waals surface area contributed by atoms with Crippen molar-refractivity contribution in [1.29, 1.82) is 0 Å². The molecule has 0 saturated carbocycles. The molecule has 140 valence electrons. The van der Waals surface area contributed by atoms with Gasteiger partial charge in [0.25, 0.3) is 5.91 Å². The van der Waals surface area contributed by atoms with E-state index in [-0.39, 0.29) is 29.7 Å². The number of aliphatic carboxylic acids is 1. The van der Waals surface area contributed by atoms with Crippen molar-refractivity contribution in [2.24, 2.45) is 5.41 Å². The molecule has 1 aromatic heterocycles. The molecule has 1 unspecified atom stereocenters. The molecular weight excluding hydrogens is 355 g/mol. The molecule has 0 bridgehead atoms. The molecule has 7 nitrogen and oxygen atoms in total. The highest BCUT2D eigenvalue weighted by Crippen LogP contribution is 2.31. The smallest absolute Gasteiger partial charge is 0.406 e. The predicted molar refractivity (Wildman–Crippen MR) is 84.9 cm³/mol. The van der Waals surface area contributed by atoms with Gasteiger partial charge in [0, 0.05) is 18.7 Å². The van der Waals surface area contributed by atoms with Crippen molar-refractivity contribution in [2.45, 2.75) is 26.1 Å². The summed E-state index contributed by atoms with van der Waals surface area (Å²) >= 11 is 0. The van der Waals surface area contributed by atoms with Gasteiger partial charge >= 0.3 is 17.8 Å². The normalized spacial score (nSPS) is 20.7. The van der Waals surface area contributed by atoms with Crippen LogP contribution in [0.3, 0.4) is 0 Å². The van der Waals surface area contributed by atoms with Crippen LogP contribution in [0.2, 0.25) is 0 Å². The lowest BCUT2D eigenvalue weighted by molar-refractivity contribution is -0.147. The second-order valence-corrected chi connectivity index (χ2v) is 6.71. The third-order valence-corrected chi connectivity index (χ3v) is 4.64. The van der Waals surface area contributed by atoms with E-state index in [9.17, 15) is 32.7 Å². The van der Waals surface area contributed by atoms with Crippen LogP contribution in [0.1, 0.15) is 23.7 Å². The second kappa shape index (κ2) is 5.89. The summed E-state index contributed by atoms with van der Waals surface area (Å²) in [6, 6.07) is 3.92. The van der Waals surface area contributed by atoms with Gasteiger partial charge in [-0.25, -0.2) is 4.79 Å². The second-order valence-electron chi connectivity index (χ2n) is 6.71. The maximum Gasteiger partial charge on any atom is 0.406 e. The van der Waals surface area contributed by atoms with E-state index >= 15 is 0 Å². The summed E-state index contributed by atoms with van der Waals surface area (Å²) in [4.78, 5) is 39.3. The molecular formula is C16H16F3N3O4. The fourth-order valence-electron chi connectivity index (χ4n) is 3.12. The first-order valence-corrected chi connectivity index (χ1v) is 7.82. The molecule has 26 heavy (non-hydrogen) atoms. The summed E-state index contributed by atoms with van der Waals surface area (Å²) in [5, 5.41) is 9.24. The Kier molecular flexibility index (Phi) is 4.08. The molecule has 10 heteroatoms. The quantitative estimate of drug-likeness (QED) is 0.861. The van der Waals surface area contributed by atoms with Gasteiger partial charge in [-0.3, -0.25) is 14.2 Å². The molecule has 1 atom stereocenters. The van der Waals surface area contributed by atoms with Crippen LogP contribution in [0.25, 0.3) is 11.0 Å². The molecule has 1 saturated heterocycles. The number of alkyl halides is 3. The number of amides is 1. The molecule has 0 spiro atoms. The Bertz CT molecular complexity index is 946. The number of nitrogens with zero attached hydrogens (tertiary/aromatic N) is 2. The lowest BCUT2D eigenvalue weighted by Crippen LogP contribution is -2.34. The van der Waals surface area contributed by atoms with Crippen LogP contribution in [0.15, 0.2) is 23.0 Å². The fourth-order valence-corrected chi connectivity index (χ4v) is 3.12. The van der Waals surface area contributed by atoms with Crippen molar-refractivity contribution in [2.75, 3.05) is 13.1 Å². The summed E-state index contributed by atoms with van der Waals surface area (Å²) in [5.41, 5.74) is -1.61. The van der Waals surface area contributed by atoms with Gasteiger partial charge in [-0.2, -0.15) is 13.2 Å². The topological polar surface area (TPSA) is 95.4 Å². The first-order valence-electron chi connectivity index (χ1n) is 7.82. The molecule has 1 aliphatic rings. The van der Waals surface area contributed by atoms with E-state index in [2.05, 4.69) is 4.98 Å². The molecule has 0 radical (unpaired) electrons. The zero-order chi connectivity index (χ0) is 19.3. The van der Waals surface area contributed by atoms with Crippen molar-refractivity contribution in [3.8, 4) is 0 Å². The highest BCUT2D eigenvalue weighted by atomic mass is 19.4. The van der Waals surface area contributed by atoms with Crippen molar-refractivity contribution in [3.63, 3.8) is 0 Å². The average Bonchev–Trinajstić information content (AvgIpc) is 3.07. The van der Waals surface area contributed by atoms with Gasteiger partial charge in [0.15, 0.2) is 0 Å². The van der Waals surface area contributed by atoms with Crippen molar-refractivity contribution in [1.82, 2.24) is 14.5 Å². The van der Waals surface area contributed by atoms with Crippen LogP contribution >= 0.6 is 0 Å². The molecule has 2 N–H and O–H groups in total. The summed E-state index contributed by atoms with van der Waals surface area (Å²) in [7, 11) is 0. The summed E-state index contributed by atoms with van der Waals surface area (Å²) in [6.45, 7) is 0.443. The van der Waals surface area contributed by atoms with Crippen molar-refractivity contribution >= 4 is 22.9 Å². The minimum atomic E-state index is -4.55. The highest BCUT2D eigenvalue weighted by Gasteiger charge is 2.42. The Labute approximate surface area is 145 Å². The number of imidazole rings is 1. The lowest BCUT2D eigenvalue weighted by Gasteiger charge is -2.20. The monoisotopic (exact) mass is 371 g/mol. The lowest BCUT2D eigenvalue weighted by atomic mass is 9.90. The number of fused-ring (bicyclic) bond motifs is 1. The number of carboxylic acids is 1. The number of aromatic nitrogens is 2. The number of rotatable bonds is 3. The Balaban J connectivity index is 1.90. The van der Waals surface area contributed by atoms with Gasteiger partial charge in [-0.1, -0.05) is 0 Å². The van der Waals surface area contributed by atoms with E-state index in [1.807, 2.05) is 0 Å². The molecule has 2 heterocycles. The zero-order valence-electron chi connectivity index (χ0n) is 13.8. The number of H-pyrrole nitrogens is 1. The van der Waals surface area contributed by atoms with Crippen LogP contribution in [0, 0.1) is 5.41 Å². The number of aromatic amines is 1. The largest absolute Gasteiger partial charge is 0.481 e. The van der Waals surface area contributed by atoms with Crippen molar-refractivity contribution in [3.05, 3.63) is 34.2 Å². The maximum absolute atomic E-state index is 12.6. The van der Waals surface area contributed by atoms with Crippen LogP contribution in [0.4, 0.5) is 13.2 Å².